The predicted molar refractivity (Wildman–Crippen MR) is 112 cm³/mol. The first-order chi connectivity index (χ1) is 13.9. The monoisotopic (exact) mass is 439 g/mol. The number of rotatable bonds is 6. The Labute approximate surface area is 179 Å². The quantitative estimate of drug-likeness (QED) is 0.640. The fourth-order valence-electron chi connectivity index (χ4n) is 3.67. The number of halogens is 3. The molecule has 156 valence electrons. The summed E-state index contributed by atoms with van der Waals surface area (Å²) in [7, 11) is 0. The fourth-order valence-corrected chi connectivity index (χ4v) is 3.99. The topological polar surface area (TPSA) is 76.4 Å². The molecule has 2 unspecified atom stereocenters. The summed E-state index contributed by atoms with van der Waals surface area (Å²) >= 11 is 12.0. The molecule has 29 heavy (non-hydrogen) atoms. The van der Waals surface area contributed by atoms with Crippen LogP contribution in [0.2, 0.25) is 10.0 Å². The Balaban J connectivity index is 1.71. The summed E-state index contributed by atoms with van der Waals surface area (Å²) in [5.74, 6) is -0.586. The van der Waals surface area contributed by atoms with Crippen molar-refractivity contribution in [3.63, 3.8) is 0 Å². The lowest BCUT2D eigenvalue weighted by Gasteiger charge is -2.34. The van der Waals surface area contributed by atoms with E-state index in [1.54, 1.807) is 30.3 Å². The second kappa shape index (κ2) is 9.87. The van der Waals surface area contributed by atoms with Gasteiger partial charge in [-0.15, -0.1) is 0 Å². The molecule has 1 fully saturated rings. The zero-order chi connectivity index (χ0) is 20.9. The Kier molecular flexibility index (Phi) is 7.49. The van der Waals surface area contributed by atoms with Gasteiger partial charge in [0.15, 0.2) is 0 Å². The van der Waals surface area contributed by atoms with E-state index in [2.05, 4.69) is 10.8 Å². The van der Waals surface area contributed by atoms with E-state index >= 15 is 0 Å². The van der Waals surface area contributed by atoms with E-state index in [1.165, 1.54) is 6.07 Å². The number of benzene rings is 2. The molecule has 1 saturated heterocycles. The van der Waals surface area contributed by atoms with E-state index in [-0.39, 0.29) is 18.1 Å². The van der Waals surface area contributed by atoms with E-state index in [1.807, 2.05) is 6.07 Å². The molecule has 0 aromatic heterocycles. The van der Waals surface area contributed by atoms with Crippen molar-refractivity contribution in [2.24, 2.45) is 5.73 Å². The Bertz CT molecular complexity index is 858. The van der Waals surface area contributed by atoms with Crippen molar-refractivity contribution in [3.05, 3.63) is 69.5 Å². The number of hydrogen-bond donors (Lipinski definition) is 3. The first kappa shape index (κ1) is 22.0. The Morgan fingerprint density at radius 1 is 1.24 bits per heavy atom. The molecule has 0 saturated carbocycles. The van der Waals surface area contributed by atoms with E-state index in [4.69, 9.17) is 33.8 Å². The number of carbonyl (C=O) groups excluding carboxylic acids is 1. The third-order valence-corrected chi connectivity index (χ3v) is 5.82. The van der Waals surface area contributed by atoms with E-state index in [0.717, 1.165) is 5.56 Å². The third kappa shape index (κ3) is 5.68. The number of hydroxylamine groups is 1. The zero-order valence-corrected chi connectivity index (χ0v) is 17.4. The molecule has 1 aliphatic heterocycles. The van der Waals surface area contributed by atoms with Gasteiger partial charge in [-0.2, -0.15) is 0 Å². The average Bonchev–Trinajstić information content (AvgIpc) is 2.91. The second-order valence-electron chi connectivity index (χ2n) is 7.27. The first-order valence-electron chi connectivity index (χ1n) is 9.50. The second-order valence-corrected chi connectivity index (χ2v) is 8.08. The molecule has 0 aliphatic carbocycles. The molecule has 1 heterocycles. The van der Waals surface area contributed by atoms with Crippen LogP contribution in [0.1, 0.15) is 30.4 Å². The molecule has 8 heteroatoms. The summed E-state index contributed by atoms with van der Waals surface area (Å²) in [6, 6.07) is 11.4. The summed E-state index contributed by atoms with van der Waals surface area (Å²) in [5, 5.41) is 3.96. The number of nitrogens with one attached hydrogen (secondary N) is 2. The number of amides is 1. The molecule has 2 aromatic rings. The van der Waals surface area contributed by atoms with Gasteiger partial charge in [0.05, 0.1) is 22.2 Å². The van der Waals surface area contributed by atoms with Crippen LogP contribution in [0.25, 0.3) is 0 Å². The summed E-state index contributed by atoms with van der Waals surface area (Å²) in [5.41, 5.74) is 9.52. The van der Waals surface area contributed by atoms with Crippen molar-refractivity contribution in [3.8, 4) is 0 Å². The molecular weight excluding hydrogens is 416 g/mol. The Morgan fingerprint density at radius 3 is 2.79 bits per heavy atom. The highest BCUT2D eigenvalue weighted by Gasteiger charge is 2.37. The molecule has 3 rings (SSSR count). The maximum absolute atomic E-state index is 14.6. The highest BCUT2D eigenvalue weighted by atomic mass is 35.5. The van der Waals surface area contributed by atoms with Gasteiger partial charge < -0.3 is 15.9 Å². The van der Waals surface area contributed by atoms with Gasteiger partial charge in [0.1, 0.15) is 5.82 Å². The summed E-state index contributed by atoms with van der Waals surface area (Å²) in [4.78, 5) is 18.1. The van der Waals surface area contributed by atoms with Gasteiger partial charge in [-0.3, -0.25) is 4.79 Å². The lowest BCUT2D eigenvalue weighted by Crippen LogP contribution is -2.48. The smallest absolute Gasteiger partial charge is 0.222 e. The van der Waals surface area contributed by atoms with Gasteiger partial charge in [-0.05, 0) is 36.6 Å². The van der Waals surface area contributed by atoms with Crippen LogP contribution in [0.5, 0.6) is 0 Å². The van der Waals surface area contributed by atoms with Crippen molar-refractivity contribution < 1.29 is 14.0 Å². The first-order valence-corrected chi connectivity index (χ1v) is 10.3. The summed E-state index contributed by atoms with van der Waals surface area (Å²) < 4.78 is 14.6. The SMILES string of the molecule is NC(CC(=O)NC1(c2ccccc2F)CCNOCC1)Cc1ccc(Cl)c(Cl)c1. The maximum atomic E-state index is 14.6. The maximum Gasteiger partial charge on any atom is 0.222 e. The van der Waals surface area contributed by atoms with Gasteiger partial charge in [0.2, 0.25) is 5.91 Å². The lowest BCUT2D eigenvalue weighted by atomic mass is 9.83. The van der Waals surface area contributed by atoms with Gasteiger partial charge >= 0.3 is 0 Å². The molecule has 0 bridgehead atoms. The molecule has 4 N–H and O–H groups in total. The van der Waals surface area contributed by atoms with Crippen molar-refractivity contribution in [2.45, 2.75) is 37.3 Å². The predicted octanol–water partition coefficient (Wildman–Crippen LogP) is 3.72. The average molecular weight is 440 g/mol. The van der Waals surface area contributed by atoms with Crippen LogP contribution < -0.4 is 16.5 Å². The van der Waals surface area contributed by atoms with Crippen molar-refractivity contribution in [1.82, 2.24) is 10.8 Å². The zero-order valence-electron chi connectivity index (χ0n) is 15.9. The highest BCUT2D eigenvalue weighted by molar-refractivity contribution is 6.42. The number of nitrogens with two attached hydrogens (primary N) is 1. The van der Waals surface area contributed by atoms with Crippen LogP contribution in [0.4, 0.5) is 4.39 Å². The van der Waals surface area contributed by atoms with Crippen LogP contribution in [0, 0.1) is 5.82 Å². The Morgan fingerprint density at radius 2 is 2.03 bits per heavy atom. The van der Waals surface area contributed by atoms with Gasteiger partial charge in [-0.1, -0.05) is 47.5 Å². The minimum Gasteiger partial charge on any atom is -0.346 e. The molecule has 0 spiro atoms. The number of hydrogen-bond acceptors (Lipinski definition) is 4. The van der Waals surface area contributed by atoms with Gasteiger partial charge in [0, 0.05) is 31.0 Å². The standard InChI is InChI=1S/C21H24Cl2FN3O2/c22-17-6-5-14(12-18(17)23)11-15(25)13-20(28)27-21(7-9-26-29-10-8-21)16-3-1-2-4-19(16)24/h1-6,12,15,26H,7-11,13,25H2,(H,27,28). The van der Waals surface area contributed by atoms with Crippen LogP contribution in [0.15, 0.2) is 42.5 Å². The minimum absolute atomic E-state index is 0.102. The summed E-state index contributed by atoms with van der Waals surface area (Å²) in [6.45, 7) is 0.841. The van der Waals surface area contributed by atoms with E-state index in [0.29, 0.717) is 48.0 Å². The molecule has 5 nitrogen and oxygen atoms in total. The van der Waals surface area contributed by atoms with Crippen LogP contribution in [-0.4, -0.2) is 25.1 Å². The van der Waals surface area contributed by atoms with E-state index in [9.17, 15) is 9.18 Å². The number of carbonyl (C=O) groups is 1. The summed E-state index contributed by atoms with van der Waals surface area (Å²) in [6.07, 6.45) is 1.53. The van der Waals surface area contributed by atoms with Crippen LogP contribution >= 0.6 is 23.2 Å². The van der Waals surface area contributed by atoms with Crippen molar-refractivity contribution in [2.75, 3.05) is 13.2 Å². The van der Waals surface area contributed by atoms with E-state index < -0.39 is 11.6 Å². The third-order valence-electron chi connectivity index (χ3n) is 5.08. The molecule has 2 atom stereocenters. The molecule has 1 aliphatic rings. The normalized spacial score (nSPS) is 20.7. The molecule has 1 amide bonds. The van der Waals surface area contributed by atoms with Crippen molar-refractivity contribution >= 4 is 29.1 Å². The fraction of sp³-hybridized carbons (Fsp3) is 0.381. The van der Waals surface area contributed by atoms with Gasteiger partial charge in [0.25, 0.3) is 0 Å². The van der Waals surface area contributed by atoms with Crippen LogP contribution in [0.3, 0.4) is 0 Å². The minimum atomic E-state index is -0.852. The van der Waals surface area contributed by atoms with Gasteiger partial charge in [-0.25, -0.2) is 9.87 Å². The molecule has 2 aromatic carbocycles. The van der Waals surface area contributed by atoms with Crippen molar-refractivity contribution in [1.29, 1.82) is 0 Å². The largest absolute Gasteiger partial charge is 0.346 e. The molecule has 0 radical (unpaired) electrons. The lowest BCUT2D eigenvalue weighted by molar-refractivity contribution is -0.123. The van der Waals surface area contributed by atoms with Crippen LogP contribution in [-0.2, 0) is 21.6 Å². The molecular formula is C21H24Cl2FN3O2. The Hall–Kier alpha value is -1.70. The highest BCUT2D eigenvalue weighted by Crippen LogP contribution is 2.32.